The fraction of sp³-hybridized carbons (Fsp3) is 0.381. The van der Waals surface area contributed by atoms with E-state index in [9.17, 15) is 4.79 Å². The maximum absolute atomic E-state index is 12.0. The fourth-order valence-electron chi connectivity index (χ4n) is 3.13. The number of methoxy groups -OCH3 is 1. The Bertz CT molecular complexity index is 756. The maximum atomic E-state index is 12.0. The molecule has 0 saturated carbocycles. The van der Waals surface area contributed by atoms with Gasteiger partial charge in [0.05, 0.1) is 13.7 Å². The van der Waals surface area contributed by atoms with Crippen LogP contribution in [0.3, 0.4) is 0 Å². The summed E-state index contributed by atoms with van der Waals surface area (Å²) in [6, 6.07) is 13.5. The second-order valence-electron chi connectivity index (χ2n) is 6.62. The molecule has 0 unspecified atom stereocenters. The molecule has 1 saturated heterocycles. The van der Waals surface area contributed by atoms with Crippen molar-refractivity contribution in [2.24, 2.45) is 0 Å². The normalized spacial score (nSPS) is 13.3. The van der Waals surface area contributed by atoms with Gasteiger partial charge < -0.3 is 25.0 Å². The summed E-state index contributed by atoms with van der Waals surface area (Å²) >= 11 is 0. The SMILES string of the molecule is COc1cc(C)ccc1OCCNC(=O)Nc1ccc(N2CCCC2)cc1. The van der Waals surface area contributed by atoms with Crippen LogP contribution in [0.15, 0.2) is 42.5 Å². The van der Waals surface area contributed by atoms with Crippen LogP contribution in [0.2, 0.25) is 0 Å². The Balaban J connectivity index is 1.41. The first kappa shape index (κ1) is 18.9. The molecule has 0 spiro atoms. The third kappa shape index (κ3) is 5.29. The van der Waals surface area contributed by atoms with Gasteiger partial charge in [0, 0.05) is 24.5 Å². The van der Waals surface area contributed by atoms with Crippen LogP contribution < -0.4 is 25.0 Å². The van der Waals surface area contributed by atoms with Crippen molar-refractivity contribution in [2.75, 3.05) is 43.6 Å². The molecule has 27 heavy (non-hydrogen) atoms. The van der Waals surface area contributed by atoms with Crippen molar-refractivity contribution >= 4 is 17.4 Å². The van der Waals surface area contributed by atoms with Crippen LogP contribution in [0.25, 0.3) is 0 Å². The molecular formula is C21H27N3O3. The molecule has 1 fully saturated rings. The summed E-state index contributed by atoms with van der Waals surface area (Å²) in [5.74, 6) is 1.36. The molecule has 1 aliphatic rings. The number of hydrogen-bond acceptors (Lipinski definition) is 4. The standard InChI is InChI=1S/C21H27N3O3/c1-16-5-10-19(20(15-16)26-2)27-14-11-22-21(25)23-17-6-8-18(9-7-17)24-12-3-4-13-24/h5-10,15H,3-4,11-14H2,1-2H3,(H2,22,23,25). The predicted molar refractivity (Wildman–Crippen MR) is 108 cm³/mol. The second-order valence-corrected chi connectivity index (χ2v) is 6.62. The first-order valence-corrected chi connectivity index (χ1v) is 9.33. The lowest BCUT2D eigenvalue weighted by Crippen LogP contribution is -2.32. The van der Waals surface area contributed by atoms with Gasteiger partial charge in [-0.2, -0.15) is 0 Å². The van der Waals surface area contributed by atoms with E-state index in [1.807, 2.05) is 49.4 Å². The third-order valence-corrected chi connectivity index (χ3v) is 4.56. The highest BCUT2D eigenvalue weighted by Crippen LogP contribution is 2.27. The molecule has 0 aromatic heterocycles. The maximum Gasteiger partial charge on any atom is 0.319 e. The Labute approximate surface area is 160 Å². The molecule has 6 heteroatoms. The van der Waals surface area contributed by atoms with Gasteiger partial charge in [0.2, 0.25) is 0 Å². The monoisotopic (exact) mass is 369 g/mol. The van der Waals surface area contributed by atoms with Crippen LogP contribution in [-0.4, -0.2) is 39.4 Å². The minimum Gasteiger partial charge on any atom is -0.493 e. The van der Waals surface area contributed by atoms with Gasteiger partial charge >= 0.3 is 6.03 Å². The molecule has 0 atom stereocenters. The lowest BCUT2D eigenvalue weighted by atomic mass is 10.2. The number of aryl methyl sites for hydroxylation is 1. The summed E-state index contributed by atoms with van der Waals surface area (Å²) in [6.45, 7) is 4.98. The zero-order chi connectivity index (χ0) is 19.1. The minimum atomic E-state index is -0.247. The van der Waals surface area contributed by atoms with Crippen molar-refractivity contribution < 1.29 is 14.3 Å². The number of nitrogens with zero attached hydrogens (tertiary/aromatic N) is 1. The van der Waals surface area contributed by atoms with Crippen LogP contribution in [-0.2, 0) is 0 Å². The minimum absolute atomic E-state index is 0.247. The van der Waals surface area contributed by atoms with Crippen molar-refractivity contribution in [3.8, 4) is 11.5 Å². The van der Waals surface area contributed by atoms with Gasteiger partial charge in [-0.3, -0.25) is 0 Å². The molecule has 1 heterocycles. The number of ether oxygens (including phenoxy) is 2. The summed E-state index contributed by atoms with van der Waals surface area (Å²) in [5, 5.41) is 5.63. The zero-order valence-electron chi connectivity index (χ0n) is 16.0. The van der Waals surface area contributed by atoms with Gasteiger partial charge in [0.15, 0.2) is 11.5 Å². The van der Waals surface area contributed by atoms with Crippen LogP contribution in [0.4, 0.5) is 16.2 Å². The predicted octanol–water partition coefficient (Wildman–Crippen LogP) is 3.80. The Hall–Kier alpha value is -2.89. The molecule has 3 rings (SSSR count). The van der Waals surface area contributed by atoms with Gasteiger partial charge in [-0.25, -0.2) is 4.79 Å². The van der Waals surface area contributed by atoms with Gasteiger partial charge in [-0.1, -0.05) is 6.07 Å². The molecule has 2 aromatic rings. The lowest BCUT2D eigenvalue weighted by Gasteiger charge is -2.17. The average molecular weight is 369 g/mol. The Kier molecular flexibility index (Phi) is 6.41. The number of carbonyl (C=O) groups excluding carboxylic acids is 1. The first-order valence-electron chi connectivity index (χ1n) is 9.33. The zero-order valence-corrected chi connectivity index (χ0v) is 16.0. The number of benzene rings is 2. The molecule has 144 valence electrons. The molecule has 2 aromatic carbocycles. The van der Waals surface area contributed by atoms with E-state index < -0.39 is 0 Å². The topological polar surface area (TPSA) is 62.8 Å². The van der Waals surface area contributed by atoms with E-state index in [1.165, 1.54) is 18.5 Å². The second kappa shape index (κ2) is 9.16. The Morgan fingerprint density at radius 3 is 2.52 bits per heavy atom. The Morgan fingerprint density at radius 1 is 1.07 bits per heavy atom. The van der Waals surface area contributed by atoms with Gasteiger partial charge in [0.25, 0.3) is 0 Å². The van der Waals surface area contributed by atoms with Crippen LogP contribution >= 0.6 is 0 Å². The van der Waals surface area contributed by atoms with E-state index in [-0.39, 0.29) is 6.03 Å². The Morgan fingerprint density at radius 2 is 1.81 bits per heavy atom. The van der Waals surface area contributed by atoms with E-state index in [0.29, 0.717) is 24.7 Å². The summed E-state index contributed by atoms with van der Waals surface area (Å²) in [5.41, 5.74) is 3.09. The number of carbonyl (C=O) groups is 1. The summed E-state index contributed by atoms with van der Waals surface area (Å²) in [6.07, 6.45) is 2.50. The van der Waals surface area contributed by atoms with Gasteiger partial charge in [0.1, 0.15) is 6.61 Å². The summed E-state index contributed by atoms with van der Waals surface area (Å²) in [4.78, 5) is 14.4. The highest BCUT2D eigenvalue weighted by Gasteiger charge is 2.12. The van der Waals surface area contributed by atoms with Crippen LogP contribution in [0.5, 0.6) is 11.5 Å². The first-order chi connectivity index (χ1) is 13.2. The largest absolute Gasteiger partial charge is 0.493 e. The van der Waals surface area contributed by atoms with E-state index in [2.05, 4.69) is 15.5 Å². The molecule has 2 amide bonds. The molecule has 6 nitrogen and oxygen atoms in total. The summed E-state index contributed by atoms with van der Waals surface area (Å²) < 4.78 is 11.0. The molecule has 0 bridgehead atoms. The quantitative estimate of drug-likeness (QED) is 0.729. The van der Waals surface area contributed by atoms with E-state index in [1.54, 1.807) is 7.11 Å². The van der Waals surface area contributed by atoms with Gasteiger partial charge in [-0.05, 0) is 61.7 Å². The van der Waals surface area contributed by atoms with Crippen molar-refractivity contribution in [3.05, 3.63) is 48.0 Å². The molecule has 0 aliphatic carbocycles. The highest BCUT2D eigenvalue weighted by molar-refractivity contribution is 5.89. The number of rotatable bonds is 7. The molecule has 1 aliphatic heterocycles. The number of urea groups is 1. The van der Waals surface area contributed by atoms with Crippen LogP contribution in [0, 0.1) is 6.92 Å². The van der Waals surface area contributed by atoms with Crippen LogP contribution in [0.1, 0.15) is 18.4 Å². The average Bonchev–Trinajstić information content (AvgIpc) is 3.21. The number of amides is 2. The van der Waals surface area contributed by atoms with E-state index in [4.69, 9.17) is 9.47 Å². The van der Waals surface area contributed by atoms with Crippen molar-refractivity contribution in [1.29, 1.82) is 0 Å². The lowest BCUT2D eigenvalue weighted by molar-refractivity contribution is 0.246. The van der Waals surface area contributed by atoms with Crippen molar-refractivity contribution in [1.82, 2.24) is 5.32 Å². The van der Waals surface area contributed by atoms with E-state index >= 15 is 0 Å². The van der Waals surface area contributed by atoms with Crippen molar-refractivity contribution in [2.45, 2.75) is 19.8 Å². The third-order valence-electron chi connectivity index (χ3n) is 4.56. The van der Waals surface area contributed by atoms with Gasteiger partial charge in [-0.15, -0.1) is 0 Å². The smallest absolute Gasteiger partial charge is 0.319 e. The highest BCUT2D eigenvalue weighted by atomic mass is 16.5. The van der Waals surface area contributed by atoms with Crippen molar-refractivity contribution in [3.63, 3.8) is 0 Å². The van der Waals surface area contributed by atoms with E-state index in [0.717, 1.165) is 24.3 Å². The number of hydrogen-bond donors (Lipinski definition) is 2. The fourth-order valence-corrected chi connectivity index (χ4v) is 3.13. The summed E-state index contributed by atoms with van der Waals surface area (Å²) in [7, 11) is 1.61. The molecular weight excluding hydrogens is 342 g/mol. The number of nitrogens with one attached hydrogen (secondary N) is 2. The molecule has 2 N–H and O–H groups in total. The molecule has 0 radical (unpaired) electrons. The number of anilines is 2.